The Bertz CT molecular complexity index is 751. The summed E-state index contributed by atoms with van der Waals surface area (Å²) in [7, 11) is 0. The molecule has 0 aliphatic heterocycles. The van der Waals surface area contributed by atoms with Crippen LogP contribution in [0.15, 0.2) is 42.5 Å². The lowest BCUT2D eigenvalue weighted by Gasteiger charge is -2.10. The van der Waals surface area contributed by atoms with Gasteiger partial charge in [0.15, 0.2) is 6.61 Å². The smallest absolute Gasteiger partial charge is 0.342 e. The zero-order valence-corrected chi connectivity index (χ0v) is 13.6. The summed E-state index contributed by atoms with van der Waals surface area (Å²) in [5.41, 5.74) is 0.459. The number of esters is 1. The molecule has 0 saturated heterocycles. The van der Waals surface area contributed by atoms with Crippen LogP contribution >= 0.6 is 11.6 Å². The van der Waals surface area contributed by atoms with Crippen molar-refractivity contribution in [1.82, 2.24) is 0 Å². The molecule has 1 amide bonds. The molecule has 0 spiro atoms. The molecule has 0 saturated carbocycles. The summed E-state index contributed by atoms with van der Waals surface area (Å²) in [6, 6.07) is 10.1. The normalized spacial score (nSPS) is 10.1. The molecular weight excluding hydrogens is 337 g/mol. The van der Waals surface area contributed by atoms with Crippen molar-refractivity contribution < 1.29 is 23.5 Å². The predicted molar refractivity (Wildman–Crippen MR) is 87.9 cm³/mol. The number of benzene rings is 2. The number of carbonyl (C=O) groups is 2. The van der Waals surface area contributed by atoms with Gasteiger partial charge in [0.2, 0.25) is 0 Å². The zero-order chi connectivity index (χ0) is 17.5. The Kier molecular flexibility index (Phi) is 6.14. The molecular formula is C17H15ClFNO4. The van der Waals surface area contributed by atoms with E-state index in [1.54, 1.807) is 31.2 Å². The first-order valence-corrected chi connectivity index (χ1v) is 7.53. The number of hydrogen-bond acceptors (Lipinski definition) is 4. The minimum Gasteiger partial charge on any atom is -0.493 e. The second-order valence-corrected chi connectivity index (χ2v) is 5.08. The van der Waals surface area contributed by atoms with Gasteiger partial charge in [0.25, 0.3) is 5.91 Å². The summed E-state index contributed by atoms with van der Waals surface area (Å²) in [6.07, 6.45) is 0. The maximum atomic E-state index is 12.9. The lowest BCUT2D eigenvalue weighted by atomic mass is 10.2. The third kappa shape index (κ3) is 4.70. The van der Waals surface area contributed by atoms with Crippen LogP contribution in [0.4, 0.5) is 10.1 Å². The summed E-state index contributed by atoms with van der Waals surface area (Å²) in [6.45, 7) is 1.68. The number of rotatable bonds is 6. The molecule has 2 aromatic carbocycles. The molecule has 0 radical (unpaired) electrons. The van der Waals surface area contributed by atoms with Gasteiger partial charge in [-0.15, -0.1) is 0 Å². The molecule has 0 heterocycles. The lowest BCUT2D eigenvalue weighted by molar-refractivity contribution is -0.119. The van der Waals surface area contributed by atoms with Crippen LogP contribution in [0.5, 0.6) is 5.75 Å². The van der Waals surface area contributed by atoms with Crippen LogP contribution in [0.3, 0.4) is 0 Å². The average molecular weight is 352 g/mol. The number of amides is 1. The molecule has 0 aromatic heterocycles. The molecule has 2 aromatic rings. The van der Waals surface area contributed by atoms with Crippen molar-refractivity contribution in [3.05, 3.63) is 58.9 Å². The highest BCUT2D eigenvalue weighted by atomic mass is 35.5. The average Bonchev–Trinajstić information content (AvgIpc) is 2.56. The highest BCUT2D eigenvalue weighted by Gasteiger charge is 2.15. The van der Waals surface area contributed by atoms with Crippen LogP contribution in [0.25, 0.3) is 0 Å². The Morgan fingerprint density at radius 1 is 1.21 bits per heavy atom. The topological polar surface area (TPSA) is 64.6 Å². The third-order valence-electron chi connectivity index (χ3n) is 2.95. The van der Waals surface area contributed by atoms with Crippen LogP contribution in [0, 0.1) is 5.82 Å². The number of nitrogens with one attached hydrogen (secondary N) is 1. The van der Waals surface area contributed by atoms with Crippen molar-refractivity contribution in [3.8, 4) is 5.75 Å². The van der Waals surface area contributed by atoms with E-state index in [2.05, 4.69) is 5.32 Å². The van der Waals surface area contributed by atoms with Crippen molar-refractivity contribution in [2.45, 2.75) is 6.92 Å². The number of halogens is 2. The Hall–Kier alpha value is -2.60. The Balaban J connectivity index is 1.95. The second kappa shape index (κ2) is 8.31. The largest absolute Gasteiger partial charge is 0.493 e. The number of anilines is 1. The van der Waals surface area contributed by atoms with Gasteiger partial charge in [-0.05, 0) is 37.3 Å². The first kappa shape index (κ1) is 17.7. The number of carbonyl (C=O) groups excluding carboxylic acids is 2. The fourth-order valence-corrected chi connectivity index (χ4v) is 2.12. The maximum absolute atomic E-state index is 12.9. The van der Waals surface area contributed by atoms with Gasteiger partial charge in [0.1, 0.15) is 17.1 Å². The minimum absolute atomic E-state index is 0.0522. The molecule has 5 nitrogen and oxygen atoms in total. The second-order valence-electron chi connectivity index (χ2n) is 4.68. The molecule has 0 unspecified atom stereocenters. The molecule has 126 valence electrons. The van der Waals surface area contributed by atoms with Crippen LogP contribution in [0.1, 0.15) is 17.3 Å². The predicted octanol–water partition coefficient (Wildman–Crippen LogP) is 3.67. The lowest BCUT2D eigenvalue weighted by Crippen LogP contribution is -2.21. The van der Waals surface area contributed by atoms with E-state index in [4.69, 9.17) is 21.1 Å². The van der Waals surface area contributed by atoms with E-state index in [1.165, 1.54) is 6.07 Å². The first-order valence-electron chi connectivity index (χ1n) is 7.15. The van der Waals surface area contributed by atoms with E-state index < -0.39 is 24.3 Å². The summed E-state index contributed by atoms with van der Waals surface area (Å²) >= 11 is 5.81. The van der Waals surface area contributed by atoms with Gasteiger partial charge >= 0.3 is 5.97 Å². The zero-order valence-electron chi connectivity index (χ0n) is 12.8. The molecule has 0 aliphatic carbocycles. The SMILES string of the molecule is CCOc1ccccc1C(=O)OCC(=O)Nc1ccc(F)cc1Cl. The quantitative estimate of drug-likeness (QED) is 0.806. The summed E-state index contributed by atoms with van der Waals surface area (Å²) in [5.74, 6) is -1.41. The monoisotopic (exact) mass is 351 g/mol. The molecule has 24 heavy (non-hydrogen) atoms. The van der Waals surface area contributed by atoms with Gasteiger partial charge in [-0.2, -0.15) is 0 Å². The van der Waals surface area contributed by atoms with Crippen LogP contribution < -0.4 is 10.1 Å². The first-order chi connectivity index (χ1) is 11.5. The summed E-state index contributed by atoms with van der Waals surface area (Å²) in [5, 5.41) is 2.49. The standard InChI is InChI=1S/C17H15ClFNO4/c1-2-23-15-6-4-3-5-12(15)17(22)24-10-16(21)20-14-8-7-11(19)9-13(14)18/h3-9H,2,10H2,1H3,(H,20,21). The molecule has 0 bridgehead atoms. The van der Waals surface area contributed by atoms with Gasteiger partial charge in [0.05, 0.1) is 17.3 Å². The third-order valence-corrected chi connectivity index (χ3v) is 3.26. The maximum Gasteiger partial charge on any atom is 0.342 e. The highest BCUT2D eigenvalue weighted by Crippen LogP contribution is 2.22. The Morgan fingerprint density at radius 3 is 2.67 bits per heavy atom. The van der Waals surface area contributed by atoms with Gasteiger partial charge in [-0.3, -0.25) is 4.79 Å². The summed E-state index contributed by atoms with van der Waals surface area (Å²) in [4.78, 5) is 23.9. The van der Waals surface area contributed by atoms with E-state index in [9.17, 15) is 14.0 Å². The molecule has 1 N–H and O–H groups in total. The van der Waals surface area contributed by atoms with E-state index >= 15 is 0 Å². The molecule has 0 aliphatic rings. The number of ether oxygens (including phenoxy) is 2. The number of para-hydroxylation sites is 1. The Labute approximate surface area is 143 Å². The molecule has 7 heteroatoms. The van der Waals surface area contributed by atoms with Crippen molar-refractivity contribution in [1.29, 1.82) is 0 Å². The van der Waals surface area contributed by atoms with Gasteiger partial charge in [-0.1, -0.05) is 23.7 Å². The van der Waals surface area contributed by atoms with Crippen molar-refractivity contribution in [3.63, 3.8) is 0 Å². The van der Waals surface area contributed by atoms with Crippen LogP contribution in [-0.4, -0.2) is 25.1 Å². The Morgan fingerprint density at radius 2 is 1.96 bits per heavy atom. The van der Waals surface area contributed by atoms with Gasteiger partial charge in [-0.25, -0.2) is 9.18 Å². The minimum atomic E-state index is -0.681. The van der Waals surface area contributed by atoms with E-state index in [0.29, 0.717) is 12.4 Å². The van der Waals surface area contributed by atoms with Gasteiger partial charge in [0, 0.05) is 0 Å². The highest BCUT2D eigenvalue weighted by molar-refractivity contribution is 6.33. The molecule has 0 fully saturated rings. The van der Waals surface area contributed by atoms with Crippen LogP contribution in [0.2, 0.25) is 5.02 Å². The van der Waals surface area contributed by atoms with E-state index in [0.717, 1.165) is 12.1 Å². The van der Waals surface area contributed by atoms with E-state index in [-0.39, 0.29) is 16.3 Å². The van der Waals surface area contributed by atoms with Crippen molar-refractivity contribution in [2.75, 3.05) is 18.5 Å². The fraction of sp³-hybridized carbons (Fsp3) is 0.176. The fourth-order valence-electron chi connectivity index (χ4n) is 1.90. The van der Waals surface area contributed by atoms with E-state index in [1.807, 2.05) is 0 Å². The molecule has 0 atom stereocenters. The summed E-state index contributed by atoms with van der Waals surface area (Å²) < 4.78 is 23.2. The number of hydrogen-bond donors (Lipinski definition) is 1. The van der Waals surface area contributed by atoms with Gasteiger partial charge < -0.3 is 14.8 Å². The molecule has 2 rings (SSSR count). The van der Waals surface area contributed by atoms with Crippen molar-refractivity contribution >= 4 is 29.2 Å². The van der Waals surface area contributed by atoms with Crippen molar-refractivity contribution in [2.24, 2.45) is 0 Å². The van der Waals surface area contributed by atoms with Crippen LogP contribution in [-0.2, 0) is 9.53 Å².